The van der Waals surface area contributed by atoms with Crippen molar-refractivity contribution in [1.82, 2.24) is 20.2 Å². The highest BCUT2D eigenvalue weighted by Gasteiger charge is 2.33. The molecule has 1 saturated heterocycles. The molecule has 0 aliphatic carbocycles. The summed E-state index contributed by atoms with van der Waals surface area (Å²) in [5.74, 6) is 0.0399. The van der Waals surface area contributed by atoms with E-state index in [1.807, 2.05) is 20.8 Å². The first-order valence-corrected chi connectivity index (χ1v) is 7.36. The van der Waals surface area contributed by atoms with Gasteiger partial charge in [0.05, 0.1) is 11.9 Å². The number of carbonyl (C=O) groups is 2. The van der Waals surface area contributed by atoms with Crippen molar-refractivity contribution < 1.29 is 9.59 Å². The molecule has 1 N–H and O–H groups in total. The quantitative estimate of drug-likeness (QED) is 0.906. The highest BCUT2D eigenvalue weighted by Crippen LogP contribution is 2.17. The molecule has 1 fully saturated rings. The van der Waals surface area contributed by atoms with E-state index in [4.69, 9.17) is 0 Å². The van der Waals surface area contributed by atoms with E-state index in [1.54, 1.807) is 11.1 Å². The van der Waals surface area contributed by atoms with Gasteiger partial charge in [-0.25, -0.2) is 4.98 Å². The Hall–Kier alpha value is -1.98. The van der Waals surface area contributed by atoms with E-state index >= 15 is 0 Å². The molecule has 1 aromatic heterocycles. The number of nitrogens with zero attached hydrogens (tertiary/aromatic N) is 3. The fourth-order valence-corrected chi connectivity index (χ4v) is 2.45. The van der Waals surface area contributed by atoms with Crippen molar-refractivity contribution in [3.05, 3.63) is 23.8 Å². The molecule has 6 heteroatoms. The van der Waals surface area contributed by atoms with Gasteiger partial charge in [0.1, 0.15) is 11.7 Å². The predicted octanol–water partition coefficient (Wildman–Crippen LogP) is 1.16. The van der Waals surface area contributed by atoms with Crippen LogP contribution in [0.5, 0.6) is 0 Å². The maximum atomic E-state index is 12.6. The van der Waals surface area contributed by atoms with Crippen LogP contribution in [0.3, 0.4) is 0 Å². The first kappa shape index (κ1) is 15.4. The molecule has 2 rings (SSSR count). The van der Waals surface area contributed by atoms with Gasteiger partial charge in [0.25, 0.3) is 5.91 Å². The van der Waals surface area contributed by atoms with Gasteiger partial charge >= 0.3 is 0 Å². The number of nitrogens with one attached hydrogen (secondary N) is 1. The fraction of sp³-hybridized carbons (Fsp3) is 0.600. The smallest absolute Gasteiger partial charge is 0.274 e. The number of rotatable bonds is 3. The second-order valence-electron chi connectivity index (χ2n) is 5.83. The van der Waals surface area contributed by atoms with Crippen LogP contribution in [-0.4, -0.2) is 45.8 Å². The Bertz CT molecular complexity index is 513. The molecule has 1 aliphatic rings. The molecule has 0 bridgehead atoms. The minimum Gasteiger partial charge on any atom is -0.354 e. The lowest BCUT2D eigenvalue weighted by Crippen LogP contribution is -2.48. The normalized spacial score (nSPS) is 19.3. The molecular weight excluding hydrogens is 268 g/mol. The van der Waals surface area contributed by atoms with Crippen molar-refractivity contribution in [2.24, 2.45) is 5.92 Å². The molecule has 0 saturated carbocycles. The molecule has 1 aromatic rings. The summed E-state index contributed by atoms with van der Waals surface area (Å²) in [6.45, 7) is 7.09. The van der Waals surface area contributed by atoms with Crippen molar-refractivity contribution in [2.75, 3.05) is 13.1 Å². The van der Waals surface area contributed by atoms with Gasteiger partial charge in [-0.3, -0.25) is 14.6 Å². The SMILES string of the molecule is Cc1cnc(C(=O)N2CCCNC(=O)C2CC(C)C)cn1. The third-order valence-corrected chi connectivity index (χ3v) is 3.51. The highest BCUT2D eigenvalue weighted by atomic mass is 16.2. The van der Waals surface area contributed by atoms with Gasteiger partial charge in [-0.15, -0.1) is 0 Å². The average molecular weight is 290 g/mol. The first-order valence-electron chi connectivity index (χ1n) is 7.36. The Balaban J connectivity index is 2.25. The zero-order valence-electron chi connectivity index (χ0n) is 12.8. The van der Waals surface area contributed by atoms with Crippen molar-refractivity contribution in [1.29, 1.82) is 0 Å². The third kappa shape index (κ3) is 3.77. The first-order chi connectivity index (χ1) is 9.99. The number of aromatic nitrogens is 2. The summed E-state index contributed by atoms with van der Waals surface area (Å²) < 4.78 is 0. The monoisotopic (exact) mass is 290 g/mol. The van der Waals surface area contributed by atoms with Crippen LogP contribution in [-0.2, 0) is 4.79 Å². The van der Waals surface area contributed by atoms with Crippen LogP contribution in [0.1, 0.15) is 42.9 Å². The molecule has 1 unspecified atom stereocenters. The predicted molar refractivity (Wildman–Crippen MR) is 78.7 cm³/mol. The molecule has 1 atom stereocenters. The third-order valence-electron chi connectivity index (χ3n) is 3.51. The van der Waals surface area contributed by atoms with E-state index in [0.717, 1.165) is 12.1 Å². The van der Waals surface area contributed by atoms with Gasteiger partial charge in [-0.2, -0.15) is 0 Å². The lowest BCUT2D eigenvalue weighted by molar-refractivity contribution is -0.125. The van der Waals surface area contributed by atoms with Crippen LogP contribution >= 0.6 is 0 Å². The summed E-state index contributed by atoms with van der Waals surface area (Å²) in [5, 5.41) is 2.88. The molecule has 2 amide bonds. The molecule has 0 radical (unpaired) electrons. The second-order valence-corrected chi connectivity index (χ2v) is 5.83. The average Bonchev–Trinajstić information content (AvgIpc) is 2.61. The molecule has 6 nitrogen and oxygen atoms in total. The van der Waals surface area contributed by atoms with E-state index in [1.165, 1.54) is 6.20 Å². The van der Waals surface area contributed by atoms with Gasteiger partial charge in [0.15, 0.2) is 0 Å². The van der Waals surface area contributed by atoms with Crippen molar-refractivity contribution in [3.63, 3.8) is 0 Å². The van der Waals surface area contributed by atoms with E-state index in [9.17, 15) is 9.59 Å². The Morgan fingerprint density at radius 2 is 2.19 bits per heavy atom. The number of hydrogen-bond donors (Lipinski definition) is 1. The molecule has 2 heterocycles. The molecular formula is C15H22N4O2. The van der Waals surface area contributed by atoms with E-state index < -0.39 is 6.04 Å². The summed E-state index contributed by atoms with van der Waals surface area (Å²) in [4.78, 5) is 34.7. The van der Waals surface area contributed by atoms with E-state index in [2.05, 4.69) is 15.3 Å². The fourth-order valence-electron chi connectivity index (χ4n) is 2.45. The minimum atomic E-state index is -0.428. The van der Waals surface area contributed by atoms with Gasteiger partial charge in [-0.05, 0) is 25.7 Å². The second kappa shape index (κ2) is 6.65. The number of hydrogen-bond acceptors (Lipinski definition) is 4. The van der Waals surface area contributed by atoms with Crippen LogP contribution in [0.25, 0.3) is 0 Å². The lowest BCUT2D eigenvalue weighted by Gasteiger charge is -2.29. The topological polar surface area (TPSA) is 75.2 Å². The van der Waals surface area contributed by atoms with Gasteiger partial charge in [0, 0.05) is 19.3 Å². The summed E-state index contributed by atoms with van der Waals surface area (Å²) in [6.07, 6.45) is 4.46. The lowest BCUT2D eigenvalue weighted by atomic mass is 10.0. The summed E-state index contributed by atoms with van der Waals surface area (Å²) >= 11 is 0. The van der Waals surface area contributed by atoms with Crippen LogP contribution in [0, 0.1) is 12.8 Å². The number of amides is 2. The Morgan fingerprint density at radius 1 is 1.43 bits per heavy atom. The summed E-state index contributed by atoms with van der Waals surface area (Å²) in [6, 6.07) is -0.428. The number of aryl methyl sites for hydroxylation is 1. The standard InChI is InChI=1S/C15H22N4O2/c1-10(2)7-13-14(20)16-5-4-6-19(13)15(21)12-9-17-11(3)8-18-12/h8-10,13H,4-7H2,1-3H3,(H,16,20). The van der Waals surface area contributed by atoms with Gasteiger partial charge < -0.3 is 10.2 Å². The molecule has 0 aromatic carbocycles. The largest absolute Gasteiger partial charge is 0.354 e. The van der Waals surface area contributed by atoms with Crippen molar-refractivity contribution in [2.45, 2.75) is 39.7 Å². The Morgan fingerprint density at radius 3 is 2.81 bits per heavy atom. The van der Waals surface area contributed by atoms with Crippen molar-refractivity contribution in [3.8, 4) is 0 Å². The molecule has 1 aliphatic heterocycles. The maximum absolute atomic E-state index is 12.6. The minimum absolute atomic E-state index is 0.0744. The van der Waals surface area contributed by atoms with E-state index in [-0.39, 0.29) is 11.8 Å². The maximum Gasteiger partial charge on any atom is 0.274 e. The number of carbonyl (C=O) groups excluding carboxylic acids is 2. The van der Waals surface area contributed by atoms with Crippen LogP contribution < -0.4 is 5.32 Å². The summed E-state index contributed by atoms with van der Waals surface area (Å²) in [7, 11) is 0. The molecule has 114 valence electrons. The zero-order chi connectivity index (χ0) is 15.4. The van der Waals surface area contributed by atoms with Crippen LogP contribution in [0.15, 0.2) is 12.4 Å². The van der Waals surface area contributed by atoms with Crippen LogP contribution in [0.2, 0.25) is 0 Å². The van der Waals surface area contributed by atoms with E-state index in [0.29, 0.717) is 31.1 Å². The highest BCUT2D eigenvalue weighted by molar-refractivity contribution is 5.96. The molecule has 0 spiro atoms. The van der Waals surface area contributed by atoms with Gasteiger partial charge in [-0.1, -0.05) is 13.8 Å². The van der Waals surface area contributed by atoms with Gasteiger partial charge in [0.2, 0.25) is 5.91 Å². The Labute approximate surface area is 125 Å². The van der Waals surface area contributed by atoms with Crippen LogP contribution in [0.4, 0.5) is 0 Å². The molecule has 21 heavy (non-hydrogen) atoms. The summed E-state index contributed by atoms with van der Waals surface area (Å²) in [5.41, 5.74) is 1.06. The zero-order valence-corrected chi connectivity index (χ0v) is 12.8. The Kier molecular flexibility index (Phi) is 4.88. The van der Waals surface area contributed by atoms with Crippen molar-refractivity contribution >= 4 is 11.8 Å².